The first-order chi connectivity index (χ1) is 8.78. The molecule has 0 spiro atoms. The quantitative estimate of drug-likeness (QED) is 0.734. The maximum atomic E-state index is 4.38. The maximum absolute atomic E-state index is 4.38. The van der Waals surface area contributed by atoms with E-state index in [1.54, 1.807) is 0 Å². The number of benzene rings is 1. The summed E-state index contributed by atoms with van der Waals surface area (Å²) >= 11 is 0. The summed E-state index contributed by atoms with van der Waals surface area (Å²) in [6, 6.07) is 10.4. The largest absolute Gasteiger partial charge is 0.359 e. The zero-order chi connectivity index (χ0) is 12.8. The van der Waals surface area contributed by atoms with Crippen LogP contribution in [0.15, 0.2) is 40.3 Å². The van der Waals surface area contributed by atoms with Gasteiger partial charge in [0.2, 0.25) is 0 Å². The van der Waals surface area contributed by atoms with E-state index in [1.807, 2.05) is 20.0 Å². The molecule has 2 rings (SSSR count). The van der Waals surface area contributed by atoms with Gasteiger partial charge in [-0.1, -0.05) is 30.3 Å². The molecule has 1 aliphatic heterocycles. The van der Waals surface area contributed by atoms with Crippen LogP contribution in [0.3, 0.4) is 0 Å². The Balaban J connectivity index is 1.81. The van der Waals surface area contributed by atoms with Crippen LogP contribution in [-0.2, 0) is 6.42 Å². The van der Waals surface area contributed by atoms with Crippen molar-refractivity contribution in [3.05, 3.63) is 35.9 Å². The van der Waals surface area contributed by atoms with E-state index in [0.717, 1.165) is 24.9 Å². The summed E-state index contributed by atoms with van der Waals surface area (Å²) in [5.41, 5.74) is 1.32. The highest BCUT2D eigenvalue weighted by molar-refractivity contribution is 5.99. The number of hydrogen-bond donors (Lipinski definition) is 3. The SMILES string of the molecule is CNC1=NC(C)N=C(NCCc2ccccc2)N1. The van der Waals surface area contributed by atoms with E-state index >= 15 is 0 Å². The third kappa shape index (κ3) is 3.48. The van der Waals surface area contributed by atoms with Gasteiger partial charge >= 0.3 is 0 Å². The van der Waals surface area contributed by atoms with Gasteiger partial charge in [0.05, 0.1) is 0 Å². The Hall–Kier alpha value is -2.04. The van der Waals surface area contributed by atoms with Crippen LogP contribution in [0.2, 0.25) is 0 Å². The topological polar surface area (TPSA) is 60.8 Å². The minimum Gasteiger partial charge on any atom is -0.359 e. The molecule has 18 heavy (non-hydrogen) atoms. The second-order valence-electron chi connectivity index (χ2n) is 4.12. The van der Waals surface area contributed by atoms with Crippen LogP contribution in [0.4, 0.5) is 0 Å². The standard InChI is InChI=1S/C13H19N5/c1-10-16-12(14-2)18-13(17-10)15-9-8-11-6-4-3-5-7-11/h3-7,10H,8-9H2,1-2H3,(H3,14,15,16,17,18). The van der Waals surface area contributed by atoms with Crippen LogP contribution in [0.5, 0.6) is 0 Å². The van der Waals surface area contributed by atoms with Crippen molar-refractivity contribution in [3.8, 4) is 0 Å². The van der Waals surface area contributed by atoms with Gasteiger partial charge in [0.25, 0.3) is 0 Å². The lowest BCUT2D eigenvalue weighted by Crippen LogP contribution is -2.49. The molecule has 0 saturated heterocycles. The zero-order valence-corrected chi connectivity index (χ0v) is 10.8. The van der Waals surface area contributed by atoms with Crippen LogP contribution in [-0.4, -0.2) is 31.7 Å². The van der Waals surface area contributed by atoms with E-state index in [-0.39, 0.29) is 6.17 Å². The van der Waals surface area contributed by atoms with Gasteiger partial charge in [-0.2, -0.15) is 0 Å². The van der Waals surface area contributed by atoms with Crippen molar-refractivity contribution in [2.75, 3.05) is 13.6 Å². The average molecular weight is 245 g/mol. The molecule has 0 aromatic heterocycles. The number of aliphatic imine (C=N–C) groups is 2. The number of nitrogens with zero attached hydrogens (tertiary/aromatic N) is 2. The Morgan fingerprint density at radius 2 is 1.89 bits per heavy atom. The lowest BCUT2D eigenvalue weighted by molar-refractivity contribution is 0.728. The minimum absolute atomic E-state index is 0.0482. The summed E-state index contributed by atoms with van der Waals surface area (Å²) in [6.45, 7) is 2.80. The molecular formula is C13H19N5. The molecule has 5 heteroatoms. The third-order valence-electron chi connectivity index (χ3n) is 2.65. The molecule has 0 fully saturated rings. The highest BCUT2D eigenvalue weighted by atomic mass is 15.3. The predicted molar refractivity (Wildman–Crippen MR) is 74.7 cm³/mol. The predicted octanol–water partition coefficient (Wildman–Crippen LogP) is 0.699. The highest BCUT2D eigenvalue weighted by Gasteiger charge is 2.11. The van der Waals surface area contributed by atoms with Crippen molar-refractivity contribution in [2.24, 2.45) is 9.98 Å². The number of guanidine groups is 2. The van der Waals surface area contributed by atoms with Crippen molar-refractivity contribution in [3.63, 3.8) is 0 Å². The fraction of sp³-hybridized carbons (Fsp3) is 0.385. The van der Waals surface area contributed by atoms with E-state index < -0.39 is 0 Å². The summed E-state index contributed by atoms with van der Waals surface area (Å²) in [7, 11) is 1.84. The maximum Gasteiger partial charge on any atom is 0.200 e. The van der Waals surface area contributed by atoms with Crippen molar-refractivity contribution >= 4 is 11.9 Å². The normalized spacial score (nSPS) is 18.4. The van der Waals surface area contributed by atoms with E-state index in [9.17, 15) is 0 Å². The first-order valence-electron chi connectivity index (χ1n) is 6.16. The molecule has 0 saturated carbocycles. The van der Waals surface area contributed by atoms with Gasteiger partial charge in [-0.3, -0.25) is 5.32 Å². The van der Waals surface area contributed by atoms with E-state index in [0.29, 0.717) is 0 Å². The first kappa shape index (κ1) is 12.4. The Labute approximate surface area is 107 Å². The lowest BCUT2D eigenvalue weighted by Gasteiger charge is -2.19. The summed E-state index contributed by atoms with van der Waals surface area (Å²) in [5.74, 6) is 1.53. The smallest absolute Gasteiger partial charge is 0.200 e. The fourth-order valence-electron chi connectivity index (χ4n) is 1.77. The summed E-state index contributed by atoms with van der Waals surface area (Å²) in [4.78, 5) is 8.66. The number of hydrogen-bond acceptors (Lipinski definition) is 5. The van der Waals surface area contributed by atoms with Crippen LogP contribution in [0.25, 0.3) is 0 Å². The van der Waals surface area contributed by atoms with Crippen LogP contribution in [0, 0.1) is 0 Å². The lowest BCUT2D eigenvalue weighted by atomic mass is 10.1. The van der Waals surface area contributed by atoms with Gasteiger partial charge in [0, 0.05) is 13.6 Å². The molecule has 1 aromatic rings. The third-order valence-corrected chi connectivity index (χ3v) is 2.65. The molecule has 1 aromatic carbocycles. The molecule has 1 aliphatic rings. The number of rotatable bonds is 3. The Bertz CT molecular complexity index is 438. The van der Waals surface area contributed by atoms with Crippen LogP contribution >= 0.6 is 0 Å². The van der Waals surface area contributed by atoms with Crippen molar-refractivity contribution in [1.29, 1.82) is 0 Å². The molecule has 96 valence electrons. The van der Waals surface area contributed by atoms with Gasteiger partial charge in [0.15, 0.2) is 11.9 Å². The molecule has 1 atom stereocenters. The van der Waals surface area contributed by atoms with Crippen LogP contribution < -0.4 is 16.0 Å². The molecule has 0 bridgehead atoms. The minimum atomic E-state index is -0.0482. The van der Waals surface area contributed by atoms with Crippen molar-refractivity contribution < 1.29 is 0 Å². The van der Waals surface area contributed by atoms with Gasteiger partial charge in [0.1, 0.15) is 6.17 Å². The van der Waals surface area contributed by atoms with Gasteiger partial charge < -0.3 is 10.6 Å². The fourth-order valence-corrected chi connectivity index (χ4v) is 1.77. The van der Waals surface area contributed by atoms with E-state index in [2.05, 4.69) is 50.2 Å². The van der Waals surface area contributed by atoms with E-state index in [1.165, 1.54) is 5.56 Å². The summed E-state index contributed by atoms with van der Waals surface area (Å²) in [5, 5.41) is 9.37. The number of nitrogens with one attached hydrogen (secondary N) is 3. The van der Waals surface area contributed by atoms with Crippen LogP contribution in [0.1, 0.15) is 12.5 Å². The first-order valence-corrected chi connectivity index (χ1v) is 6.16. The van der Waals surface area contributed by atoms with Gasteiger partial charge in [-0.25, -0.2) is 9.98 Å². The average Bonchev–Trinajstić information content (AvgIpc) is 2.39. The highest BCUT2D eigenvalue weighted by Crippen LogP contribution is 1.99. The molecule has 0 radical (unpaired) electrons. The Morgan fingerprint density at radius 1 is 1.17 bits per heavy atom. The molecule has 3 N–H and O–H groups in total. The second-order valence-corrected chi connectivity index (χ2v) is 4.12. The van der Waals surface area contributed by atoms with Gasteiger partial charge in [-0.15, -0.1) is 0 Å². The summed E-state index contributed by atoms with van der Waals surface area (Å²) < 4.78 is 0. The molecule has 0 aliphatic carbocycles. The Kier molecular flexibility index (Phi) is 4.17. The summed E-state index contributed by atoms with van der Waals surface area (Å²) in [6.07, 6.45) is 0.926. The monoisotopic (exact) mass is 245 g/mol. The molecule has 0 amide bonds. The molecule has 1 heterocycles. The van der Waals surface area contributed by atoms with E-state index in [4.69, 9.17) is 0 Å². The molecule has 1 unspecified atom stereocenters. The second kappa shape index (κ2) is 6.05. The zero-order valence-electron chi connectivity index (χ0n) is 10.8. The van der Waals surface area contributed by atoms with Gasteiger partial charge in [-0.05, 0) is 18.9 Å². The molecular weight excluding hydrogens is 226 g/mol. The Morgan fingerprint density at radius 3 is 2.61 bits per heavy atom. The van der Waals surface area contributed by atoms with Crippen molar-refractivity contribution in [1.82, 2.24) is 16.0 Å². The molecule has 5 nitrogen and oxygen atoms in total. The van der Waals surface area contributed by atoms with Crippen molar-refractivity contribution in [2.45, 2.75) is 19.5 Å².